The lowest BCUT2D eigenvalue weighted by Crippen LogP contribution is -2.44. The fraction of sp³-hybridized carbons (Fsp3) is 0.577. The third kappa shape index (κ3) is 4.51. The average molecular weight is 445 g/mol. The number of hydrogen-bond donors (Lipinski definition) is 1. The highest BCUT2D eigenvalue weighted by atomic mass is 16.5. The smallest absolute Gasteiger partial charge is 0.336 e. The minimum atomic E-state index is -0.447. The van der Waals surface area contributed by atoms with Crippen molar-refractivity contribution in [1.82, 2.24) is 0 Å². The summed E-state index contributed by atoms with van der Waals surface area (Å²) in [6.45, 7) is 9.55. The molecule has 1 aromatic carbocycles. The molecule has 0 unspecified atom stereocenters. The van der Waals surface area contributed by atoms with E-state index in [4.69, 9.17) is 18.6 Å². The SMILES string of the molecule is COc1cc2ccc(=O)oc2c(OC)c1OC[C@]1(C)[C@H](C)CCC(=C(C)C)[C@H]1CCCO. The highest BCUT2D eigenvalue weighted by Gasteiger charge is 2.45. The summed E-state index contributed by atoms with van der Waals surface area (Å²) in [5.74, 6) is 2.09. The summed E-state index contributed by atoms with van der Waals surface area (Å²) < 4.78 is 23.1. The summed E-state index contributed by atoms with van der Waals surface area (Å²) in [7, 11) is 3.12. The summed E-state index contributed by atoms with van der Waals surface area (Å²) in [6.07, 6.45) is 3.86. The number of rotatable bonds is 8. The first-order valence-corrected chi connectivity index (χ1v) is 11.4. The van der Waals surface area contributed by atoms with Crippen molar-refractivity contribution in [2.24, 2.45) is 17.3 Å². The van der Waals surface area contributed by atoms with E-state index in [1.54, 1.807) is 19.2 Å². The quantitative estimate of drug-likeness (QED) is 0.437. The molecule has 0 spiro atoms. The van der Waals surface area contributed by atoms with E-state index in [9.17, 15) is 9.90 Å². The zero-order valence-electron chi connectivity index (χ0n) is 20.1. The van der Waals surface area contributed by atoms with Crippen molar-refractivity contribution < 1.29 is 23.7 Å². The molecule has 1 aliphatic rings. The fourth-order valence-corrected chi connectivity index (χ4v) is 5.10. The van der Waals surface area contributed by atoms with Gasteiger partial charge in [0.2, 0.25) is 11.5 Å². The van der Waals surface area contributed by atoms with E-state index >= 15 is 0 Å². The Balaban J connectivity index is 2.04. The first-order chi connectivity index (χ1) is 15.3. The van der Waals surface area contributed by atoms with Crippen molar-refractivity contribution in [3.8, 4) is 17.2 Å². The van der Waals surface area contributed by atoms with E-state index in [2.05, 4.69) is 27.7 Å². The number of benzene rings is 1. The van der Waals surface area contributed by atoms with Crippen LogP contribution in [-0.4, -0.2) is 32.5 Å². The number of aliphatic hydroxyl groups is 1. The molecule has 3 atom stereocenters. The van der Waals surface area contributed by atoms with Gasteiger partial charge in [0.25, 0.3) is 0 Å². The second kappa shape index (κ2) is 9.99. The summed E-state index contributed by atoms with van der Waals surface area (Å²) in [4.78, 5) is 11.8. The Morgan fingerprint density at radius 1 is 1.22 bits per heavy atom. The van der Waals surface area contributed by atoms with E-state index in [0.717, 1.165) is 25.7 Å². The summed E-state index contributed by atoms with van der Waals surface area (Å²) in [5.41, 5.74) is 2.60. The molecule has 1 N–H and O–H groups in total. The predicted octanol–water partition coefficient (Wildman–Crippen LogP) is 5.35. The van der Waals surface area contributed by atoms with Gasteiger partial charge in [-0.1, -0.05) is 25.0 Å². The third-order valence-corrected chi connectivity index (χ3v) is 7.22. The van der Waals surface area contributed by atoms with Crippen molar-refractivity contribution in [2.75, 3.05) is 27.4 Å². The molecule has 0 bridgehead atoms. The Bertz CT molecular complexity index is 1030. The van der Waals surface area contributed by atoms with Gasteiger partial charge < -0.3 is 23.7 Å². The van der Waals surface area contributed by atoms with Crippen molar-refractivity contribution in [2.45, 2.75) is 53.4 Å². The lowest BCUT2D eigenvalue weighted by Gasteiger charge is -2.48. The molecule has 1 saturated carbocycles. The molecular weight excluding hydrogens is 408 g/mol. The topological polar surface area (TPSA) is 78.1 Å². The second-order valence-corrected chi connectivity index (χ2v) is 9.29. The van der Waals surface area contributed by atoms with Crippen LogP contribution in [0, 0.1) is 17.3 Å². The molecule has 1 aromatic heterocycles. The van der Waals surface area contributed by atoms with Gasteiger partial charge in [-0.3, -0.25) is 0 Å². The molecule has 0 saturated heterocycles. The first-order valence-electron chi connectivity index (χ1n) is 11.4. The van der Waals surface area contributed by atoms with E-state index in [-0.39, 0.29) is 12.0 Å². The molecule has 1 aliphatic carbocycles. The van der Waals surface area contributed by atoms with Gasteiger partial charge >= 0.3 is 5.63 Å². The number of hydrogen-bond acceptors (Lipinski definition) is 6. The maximum Gasteiger partial charge on any atom is 0.336 e. The number of fused-ring (bicyclic) bond motifs is 1. The molecular formula is C26H36O6. The van der Waals surface area contributed by atoms with Crippen molar-refractivity contribution >= 4 is 11.0 Å². The van der Waals surface area contributed by atoms with Gasteiger partial charge in [-0.2, -0.15) is 0 Å². The van der Waals surface area contributed by atoms with E-state index in [0.29, 0.717) is 46.7 Å². The van der Waals surface area contributed by atoms with Gasteiger partial charge in [-0.25, -0.2) is 4.79 Å². The normalized spacial score (nSPS) is 23.3. The lowest BCUT2D eigenvalue weighted by molar-refractivity contribution is 0.0217. The molecule has 1 fully saturated rings. The highest BCUT2D eigenvalue weighted by molar-refractivity contribution is 5.88. The summed E-state index contributed by atoms with van der Waals surface area (Å²) >= 11 is 0. The largest absolute Gasteiger partial charge is 0.493 e. The lowest BCUT2D eigenvalue weighted by atomic mass is 9.58. The maximum absolute atomic E-state index is 11.8. The summed E-state index contributed by atoms with van der Waals surface area (Å²) in [6, 6.07) is 4.86. The predicted molar refractivity (Wildman–Crippen MR) is 126 cm³/mol. The van der Waals surface area contributed by atoms with E-state index in [1.165, 1.54) is 24.3 Å². The fourth-order valence-electron chi connectivity index (χ4n) is 5.10. The minimum Gasteiger partial charge on any atom is -0.493 e. The Morgan fingerprint density at radius 3 is 2.59 bits per heavy atom. The van der Waals surface area contributed by atoms with Gasteiger partial charge in [-0.05, 0) is 63.5 Å². The third-order valence-electron chi connectivity index (χ3n) is 7.22. The number of methoxy groups -OCH3 is 2. The van der Waals surface area contributed by atoms with Crippen LogP contribution >= 0.6 is 0 Å². The minimum absolute atomic E-state index is 0.136. The summed E-state index contributed by atoms with van der Waals surface area (Å²) in [5, 5.41) is 10.2. The van der Waals surface area contributed by atoms with Gasteiger partial charge in [0, 0.05) is 23.5 Å². The number of allylic oxidation sites excluding steroid dienone is 2. The van der Waals surface area contributed by atoms with Crippen LogP contribution < -0.4 is 19.8 Å². The highest BCUT2D eigenvalue weighted by Crippen LogP contribution is 2.52. The molecule has 3 rings (SSSR count). The van der Waals surface area contributed by atoms with E-state index in [1.807, 2.05) is 0 Å². The number of aliphatic hydroxyl groups excluding tert-OH is 1. The van der Waals surface area contributed by atoms with Crippen molar-refractivity contribution in [3.05, 3.63) is 39.8 Å². The first kappa shape index (κ1) is 24.2. The average Bonchev–Trinajstić information content (AvgIpc) is 2.77. The van der Waals surface area contributed by atoms with Crippen LogP contribution in [0.3, 0.4) is 0 Å². The molecule has 32 heavy (non-hydrogen) atoms. The molecule has 2 aromatic rings. The zero-order valence-corrected chi connectivity index (χ0v) is 20.1. The van der Waals surface area contributed by atoms with Gasteiger partial charge in [0.05, 0.1) is 20.8 Å². The van der Waals surface area contributed by atoms with Crippen LogP contribution in [-0.2, 0) is 0 Å². The van der Waals surface area contributed by atoms with Crippen LogP contribution in [0.2, 0.25) is 0 Å². The Labute approximate surface area is 190 Å². The van der Waals surface area contributed by atoms with E-state index < -0.39 is 5.63 Å². The molecule has 1 heterocycles. The van der Waals surface area contributed by atoms with Crippen LogP contribution in [0.1, 0.15) is 53.4 Å². The molecule has 0 aliphatic heterocycles. The monoisotopic (exact) mass is 444 g/mol. The van der Waals surface area contributed by atoms with Crippen molar-refractivity contribution in [3.63, 3.8) is 0 Å². The van der Waals surface area contributed by atoms with Crippen molar-refractivity contribution in [1.29, 1.82) is 0 Å². The number of ether oxygens (including phenoxy) is 3. The second-order valence-electron chi connectivity index (χ2n) is 9.29. The molecule has 6 heteroatoms. The molecule has 6 nitrogen and oxygen atoms in total. The van der Waals surface area contributed by atoms with Crippen LogP contribution in [0.25, 0.3) is 11.0 Å². The maximum atomic E-state index is 11.8. The Kier molecular flexibility index (Phi) is 7.55. The van der Waals surface area contributed by atoms with Crippen LogP contribution in [0.15, 0.2) is 38.6 Å². The van der Waals surface area contributed by atoms with Gasteiger partial charge in [-0.15, -0.1) is 0 Å². The van der Waals surface area contributed by atoms with Crippen LogP contribution in [0.5, 0.6) is 17.2 Å². The Hall–Kier alpha value is -2.47. The molecule has 176 valence electrons. The Morgan fingerprint density at radius 2 is 1.97 bits per heavy atom. The van der Waals surface area contributed by atoms with Gasteiger partial charge in [0.1, 0.15) is 0 Å². The standard InChI is InChI=1S/C26H36O6/c1-16(2)19-11-9-17(3)26(4,20(19)8-7-13-27)15-31-24-21(29-5)14-18-10-12-22(28)32-23(18)25(24)30-6/h10,12,14,17,20,27H,7-9,11,13,15H2,1-6H3/t17-,20-,26-/m1/s1. The zero-order chi connectivity index (χ0) is 23.5. The molecule has 0 amide bonds. The van der Waals surface area contributed by atoms with Crippen LogP contribution in [0.4, 0.5) is 0 Å². The van der Waals surface area contributed by atoms with Gasteiger partial charge in [0.15, 0.2) is 11.3 Å². The molecule has 0 radical (unpaired) electrons.